The second-order valence-corrected chi connectivity index (χ2v) is 8.37. The molecule has 1 N–H and O–H groups in total. The molecule has 0 bridgehead atoms. The highest BCUT2D eigenvalue weighted by Gasteiger charge is 2.34. The van der Waals surface area contributed by atoms with Crippen LogP contribution < -0.4 is 5.32 Å². The lowest BCUT2D eigenvalue weighted by Crippen LogP contribution is -2.48. The molecule has 8 heteroatoms. The molecule has 0 unspecified atom stereocenters. The van der Waals surface area contributed by atoms with Crippen molar-refractivity contribution >= 4 is 46.8 Å². The Hall–Kier alpha value is -0.390. The monoisotopic (exact) mass is 358 g/mol. The molecule has 1 rings (SSSR count). The summed E-state index contributed by atoms with van der Waals surface area (Å²) in [6, 6.07) is -0.247. The fourth-order valence-corrected chi connectivity index (χ4v) is 2.18. The Morgan fingerprint density at radius 2 is 1.81 bits per heavy atom. The molecule has 0 saturated carbocycles. The number of rotatable bonds is 1. The number of alkyl halides is 3. The lowest BCUT2D eigenvalue weighted by Gasteiger charge is -2.29. The topological polar surface area (TPSA) is 58.6 Å². The number of halogens is 3. The summed E-state index contributed by atoms with van der Waals surface area (Å²) in [7, 11) is 0. The van der Waals surface area contributed by atoms with Crippen LogP contribution in [-0.2, 0) is 9.53 Å². The maximum absolute atomic E-state index is 12.1. The van der Waals surface area contributed by atoms with Crippen LogP contribution in [0.3, 0.4) is 0 Å². The Bertz CT molecular complexity index is 391. The molecule has 5 nitrogen and oxygen atoms in total. The first-order chi connectivity index (χ1) is 9.49. The number of nitrogens with zero attached hydrogens (tertiary/aromatic N) is 1. The van der Waals surface area contributed by atoms with Gasteiger partial charge in [-0.25, -0.2) is 4.79 Å². The second kappa shape index (κ2) is 7.25. The molecule has 1 fully saturated rings. The van der Waals surface area contributed by atoms with Gasteiger partial charge in [-0.15, -0.1) is 0 Å². The van der Waals surface area contributed by atoms with Crippen LogP contribution in [0.15, 0.2) is 0 Å². The maximum atomic E-state index is 12.1. The minimum atomic E-state index is -2.00. The summed E-state index contributed by atoms with van der Waals surface area (Å²) in [4.78, 5) is 25.4. The summed E-state index contributed by atoms with van der Waals surface area (Å²) >= 11 is 16.6. The number of likely N-dealkylation sites (tertiary alicyclic amines) is 1. The number of carbonyl (C=O) groups excluding carboxylic acids is 2. The zero-order chi connectivity index (χ0) is 16.3. The Labute approximate surface area is 140 Å². The van der Waals surface area contributed by atoms with E-state index in [0.29, 0.717) is 13.1 Å². The van der Waals surface area contributed by atoms with Gasteiger partial charge in [-0.05, 0) is 40.0 Å². The first-order valence-electron chi connectivity index (χ1n) is 6.84. The van der Waals surface area contributed by atoms with Gasteiger partial charge in [0.05, 0.1) is 0 Å². The van der Waals surface area contributed by atoms with E-state index in [-0.39, 0.29) is 6.04 Å². The largest absolute Gasteiger partial charge is 0.444 e. The molecule has 1 heterocycles. The standard InChI is InChI=1S/C13H21Cl3N2O3/c1-12(2,3)21-11(20)18-7-5-4-6-9(8-18)17-10(19)13(14,15)16/h9H,4-8H2,1-3H3,(H,17,19)/t9-/m1/s1. The van der Waals surface area contributed by atoms with Gasteiger partial charge < -0.3 is 15.0 Å². The van der Waals surface area contributed by atoms with Gasteiger partial charge in [0, 0.05) is 19.1 Å². The summed E-state index contributed by atoms with van der Waals surface area (Å²) in [6.45, 7) is 6.37. The number of hydrogen-bond acceptors (Lipinski definition) is 3. The number of amides is 2. The van der Waals surface area contributed by atoms with E-state index < -0.39 is 21.4 Å². The average molecular weight is 360 g/mol. The predicted octanol–water partition coefficient (Wildman–Crippen LogP) is 3.26. The van der Waals surface area contributed by atoms with Gasteiger partial charge >= 0.3 is 6.09 Å². The van der Waals surface area contributed by atoms with Gasteiger partial charge in [0.1, 0.15) is 5.60 Å². The molecular weight excluding hydrogens is 339 g/mol. The van der Waals surface area contributed by atoms with Crippen LogP contribution in [0.2, 0.25) is 0 Å². The summed E-state index contributed by atoms with van der Waals surface area (Å²) in [5, 5.41) is 2.66. The van der Waals surface area contributed by atoms with E-state index >= 15 is 0 Å². The van der Waals surface area contributed by atoms with Crippen molar-refractivity contribution in [3.05, 3.63) is 0 Å². The first-order valence-corrected chi connectivity index (χ1v) is 7.98. The summed E-state index contributed by atoms with van der Waals surface area (Å²) in [6.07, 6.45) is 2.06. The molecule has 21 heavy (non-hydrogen) atoms. The van der Waals surface area contributed by atoms with Crippen molar-refractivity contribution in [1.82, 2.24) is 10.2 Å². The normalized spacial score (nSPS) is 20.7. The average Bonchev–Trinajstić information content (AvgIpc) is 2.51. The SMILES string of the molecule is CC(C)(C)OC(=O)N1CCCC[C@@H](NC(=O)C(Cl)(Cl)Cl)C1. The Morgan fingerprint density at radius 3 is 2.33 bits per heavy atom. The Balaban J connectivity index is 2.64. The third-order valence-electron chi connectivity index (χ3n) is 2.92. The molecule has 1 aliphatic rings. The van der Waals surface area contributed by atoms with Crippen LogP contribution in [0.1, 0.15) is 40.0 Å². The summed E-state index contributed by atoms with van der Waals surface area (Å²) in [5.41, 5.74) is -0.556. The fraction of sp³-hybridized carbons (Fsp3) is 0.846. The van der Waals surface area contributed by atoms with E-state index in [1.54, 1.807) is 4.90 Å². The molecular formula is C13H21Cl3N2O3. The fourth-order valence-electron chi connectivity index (χ4n) is 2.02. The third-order valence-corrected chi connectivity index (χ3v) is 3.43. The molecule has 0 aliphatic carbocycles. The highest BCUT2D eigenvalue weighted by atomic mass is 35.6. The van der Waals surface area contributed by atoms with Gasteiger partial charge in [-0.1, -0.05) is 34.8 Å². The highest BCUT2D eigenvalue weighted by molar-refractivity contribution is 6.76. The molecule has 1 atom stereocenters. The van der Waals surface area contributed by atoms with Crippen molar-refractivity contribution in [2.45, 2.75) is 55.5 Å². The van der Waals surface area contributed by atoms with E-state index in [0.717, 1.165) is 19.3 Å². The highest BCUT2D eigenvalue weighted by Crippen LogP contribution is 2.26. The molecule has 0 aromatic heterocycles. The van der Waals surface area contributed by atoms with Gasteiger partial charge in [0.2, 0.25) is 0 Å². The van der Waals surface area contributed by atoms with Gasteiger partial charge in [-0.3, -0.25) is 4.79 Å². The predicted molar refractivity (Wildman–Crippen MR) is 83.9 cm³/mol. The molecule has 1 aliphatic heterocycles. The molecule has 1 saturated heterocycles. The Morgan fingerprint density at radius 1 is 1.19 bits per heavy atom. The van der Waals surface area contributed by atoms with E-state index in [4.69, 9.17) is 39.5 Å². The molecule has 0 radical (unpaired) electrons. The van der Waals surface area contributed by atoms with E-state index in [1.165, 1.54) is 0 Å². The number of nitrogens with one attached hydrogen (secondary N) is 1. The molecule has 122 valence electrons. The van der Waals surface area contributed by atoms with Crippen molar-refractivity contribution in [3.8, 4) is 0 Å². The lowest BCUT2D eigenvalue weighted by atomic mass is 10.1. The van der Waals surface area contributed by atoms with Crippen molar-refractivity contribution in [3.63, 3.8) is 0 Å². The van der Waals surface area contributed by atoms with E-state index in [9.17, 15) is 9.59 Å². The number of carbonyl (C=O) groups is 2. The quantitative estimate of drug-likeness (QED) is 0.731. The van der Waals surface area contributed by atoms with E-state index in [2.05, 4.69) is 5.32 Å². The number of hydrogen-bond donors (Lipinski definition) is 1. The van der Waals surface area contributed by atoms with Crippen molar-refractivity contribution in [1.29, 1.82) is 0 Å². The summed E-state index contributed by atoms with van der Waals surface area (Å²) < 4.78 is 3.35. The van der Waals surface area contributed by atoms with Crippen molar-refractivity contribution in [2.24, 2.45) is 0 Å². The van der Waals surface area contributed by atoms with Crippen LogP contribution in [0, 0.1) is 0 Å². The van der Waals surface area contributed by atoms with Gasteiger partial charge in [-0.2, -0.15) is 0 Å². The lowest BCUT2D eigenvalue weighted by molar-refractivity contribution is -0.121. The molecule has 2 amide bonds. The molecule has 0 spiro atoms. The molecule has 0 aromatic carbocycles. The first kappa shape index (κ1) is 18.7. The van der Waals surface area contributed by atoms with Crippen molar-refractivity contribution < 1.29 is 14.3 Å². The van der Waals surface area contributed by atoms with E-state index in [1.807, 2.05) is 20.8 Å². The van der Waals surface area contributed by atoms with Crippen LogP contribution >= 0.6 is 34.8 Å². The van der Waals surface area contributed by atoms with Crippen LogP contribution in [0.25, 0.3) is 0 Å². The summed E-state index contributed by atoms with van der Waals surface area (Å²) in [5.74, 6) is -0.677. The number of ether oxygens (including phenoxy) is 1. The Kier molecular flexibility index (Phi) is 6.44. The minimum Gasteiger partial charge on any atom is -0.444 e. The molecule has 0 aromatic rings. The third kappa shape index (κ3) is 6.94. The zero-order valence-corrected chi connectivity index (χ0v) is 14.7. The minimum absolute atomic E-state index is 0.247. The zero-order valence-electron chi connectivity index (χ0n) is 12.4. The van der Waals surface area contributed by atoms with Crippen LogP contribution in [0.4, 0.5) is 4.79 Å². The van der Waals surface area contributed by atoms with Gasteiger partial charge in [0.15, 0.2) is 0 Å². The van der Waals surface area contributed by atoms with Crippen molar-refractivity contribution in [2.75, 3.05) is 13.1 Å². The smallest absolute Gasteiger partial charge is 0.410 e. The van der Waals surface area contributed by atoms with Crippen LogP contribution in [-0.4, -0.2) is 45.4 Å². The van der Waals surface area contributed by atoms with Gasteiger partial charge in [0.25, 0.3) is 9.70 Å². The van der Waals surface area contributed by atoms with Crippen LogP contribution in [0.5, 0.6) is 0 Å². The maximum Gasteiger partial charge on any atom is 0.410 e. The second-order valence-electron chi connectivity index (χ2n) is 6.09.